The van der Waals surface area contributed by atoms with Gasteiger partial charge in [-0.3, -0.25) is 4.79 Å². The van der Waals surface area contributed by atoms with Crippen molar-refractivity contribution in [3.63, 3.8) is 0 Å². The second-order valence-electron chi connectivity index (χ2n) is 5.03. The molecule has 0 atom stereocenters. The van der Waals surface area contributed by atoms with Crippen molar-refractivity contribution in [1.82, 2.24) is 4.90 Å². The first-order chi connectivity index (χ1) is 10.2. The van der Waals surface area contributed by atoms with Gasteiger partial charge in [0.1, 0.15) is 17.4 Å². The Balaban J connectivity index is 2.17. The predicted octanol–water partition coefficient (Wildman–Crippen LogP) is 3.00. The highest BCUT2D eigenvalue weighted by Gasteiger charge is 2.20. The lowest BCUT2D eigenvalue weighted by Gasteiger charge is -2.26. The molecule has 4 nitrogen and oxygen atoms in total. The maximum absolute atomic E-state index is 12.3. The zero-order valence-corrected chi connectivity index (χ0v) is 12.3. The van der Waals surface area contributed by atoms with Crippen LogP contribution in [0.15, 0.2) is 29.8 Å². The summed E-state index contributed by atoms with van der Waals surface area (Å²) in [6.07, 6.45) is 4.83. The van der Waals surface area contributed by atoms with Crippen LogP contribution < -0.4 is 4.74 Å². The molecule has 1 aliphatic rings. The van der Waals surface area contributed by atoms with E-state index < -0.39 is 0 Å². The highest BCUT2D eigenvalue weighted by Crippen LogP contribution is 2.18. The van der Waals surface area contributed by atoms with E-state index in [0.29, 0.717) is 6.61 Å². The fourth-order valence-electron chi connectivity index (χ4n) is 2.44. The maximum atomic E-state index is 12.3. The standard InChI is InChI=1S/C17H20N2O2/c1-2-21-16-8-6-7-14(12-16)11-15(13-18)17(20)19-9-4-3-5-10-19/h6-8,11-12H,2-5,9-10H2,1H3/b15-11+. The Morgan fingerprint density at radius 3 is 2.81 bits per heavy atom. The minimum absolute atomic E-state index is 0.168. The molecule has 4 heteroatoms. The number of ether oxygens (including phenoxy) is 1. The van der Waals surface area contributed by atoms with Gasteiger partial charge in [-0.25, -0.2) is 0 Å². The predicted molar refractivity (Wildman–Crippen MR) is 81.6 cm³/mol. The van der Waals surface area contributed by atoms with Crippen LogP contribution in [-0.4, -0.2) is 30.5 Å². The van der Waals surface area contributed by atoms with Crippen LogP contribution in [0.1, 0.15) is 31.7 Å². The Morgan fingerprint density at radius 1 is 1.38 bits per heavy atom. The van der Waals surface area contributed by atoms with Gasteiger partial charge in [0.05, 0.1) is 6.61 Å². The molecule has 0 bridgehead atoms. The summed E-state index contributed by atoms with van der Waals surface area (Å²) in [4.78, 5) is 14.1. The molecule has 1 aromatic carbocycles. The van der Waals surface area contributed by atoms with Crippen LogP contribution in [0.3, 0.4) is 0 Å². The summed E-state index contributed by atoms with van der Waals surface area (Å²) in [6, 6.07) is 9.45. The SMILES string of the molecule is CCOc1cccc(/C=C(\C#N)C(=O)N2CCCCC2)c1. The molecule has 0 aromatic heterocycles. The molecule has 21 heavy (non-hydrogen) atoms. The molecule has 1 aliphatic heterocycles. The summed E-state index contributed by atoms with van der Waals surface area (Å²) in [6.45, 7) is 4.00. The van der Waals surface area contributed by atoms with Crippen LogP contribution in [-0.2, 0) is 4.79 Å². The van der Waals surface area contributed by atoms with Gasteiger partial charge >= 0.3 is 0 Å². The van der Waals surface area contributed by atoms with E-state index in [0.717, 1.165) is 43.7 Å². The van der Waals surface area contributed by atoms with Gasteiger partial charge < -0.3 is 9.64 Å². The molecular weight excluding hydrogens is 264 g/mol. The smallest absolute Gasteiger partial charge is 0.264 e. The number of piperidine rings is 1. The average molecular weight is 284 g/mol. The van der Waals surface area contributed by atoms with Crippen molar-refractivity contribution in [2.45, 2.75) is 26.2 Å². The van der Waals surface area contributed by atoms with Crippen LogP contribution >= 0.6 is 0 Å². The van der Waals surface area contributed by atoms with Crippen molar-refractivity contribution in [3.8, 4) is 11.8 Å². The van der Waals surface area contributed by atoms with Gasteiger partial charge in [0, 0.05) is 13.1 Å². The topological polar surface area (TPSA) is 53.3 Å². The van der Waals surface area contributed by atoms with Crippen molar-refractivity contribution in [2.24, 2.45) is 0 Å². The van der Waals surface area contributed by atoms with Crippen molar-refractivity contribution in [2.75, 3.05) is 19.7 Å². The van der Waals surface area contributed by atoms with Gasteiger partial charge in [0.2, 0.25) is 0 Å². The fraction of sp³-hybridized carbons (Fsp3) is 0.412. The third-order valence-corrected chi connectivity index (χ3v) is 3.47. The van der Waals surface area contributed by atoms with Crippen LogP contribution in [0.5, 0.6) is 5.75 Å². The van der Waals surface area contributed by atoms with Crippen LogP contribution in [0.2, 0.25) is 0 Å². The van der Waals surface area contributed by atoms with E-state index in [-0.39, 0.29) is 11.5 Å². The van der Waals surface area contributed by atoms with Gasteiger partial charge in [-0.2, -0.15) is 5.26 Å². The molecular formula is C17H20N2O2. The van der Waals surface area contributed by atoms with E-state index in [1.54, 1.807) is 11.0 Å². The zero-order valence-electron chi connectivity index (χ0n) is 12.3. The Bertz CT molecular complexity index is 566. The number of carbonyl (C=O) groups excluding carboxylic acids is 1. The van der Waals surface area contributed by atoms with Crippen molar-refractivity contribution in [1.29, 1.82) is 5.26 Å². The lowest BCUT2D eigenvalue weighted by Crippen LogP contribution is -2.36. The van der Waals surface area contributed by atoms with Gasteiger partial charge in [0.15, 0.2) is 0 Å². The number of nitriles is 1. The quantitative estimate of drug-likeness (QED) is 0.631. The number of amides is 1. The summed E-state index contributed by atoms with van der Waals surface area (Å²) >= 11 is 0. The highest BCUT2D eigenvalue weighted by molar-refractivity contribution is 6.01. The van der Waals surface area contributed by atoms with Crippen LogP contribution in [0.25, 0.3) is 6.08 Å². The van der Waals surface area contributed by atoms with E-state index in [2.05, 4.69) is 0 Å². The fourth-order valence-corrected chi connectivity index (χ4v) is 2.44. The second-order valence-corrected chi connectivity index (χ2v) is 5.03. The second kappa shape index (κ2) is 7.49. The number of nitrogens with zero attached hydrogens (tertiary/aromatic N) is 2. The number of carbonyl (C=O) groups is 1. The summed E-state index contributed by atoms with van der Waals surface area (Å²) in [5, 5.41) is 9.26. The molecule has 2 rings (SSSR count). The lowest BCUT2D eigenvalue weighted by atomic mass is 10.1. The third kappa shape index (κ3) is 4.09. The molecule has 1 saturated heterocycles. The normalized spacial score (nSPS) is 15.4. The number of likely N-dealkylation sites (tertiary alicyclic amines) is 1. The molecule has 0 unspecified atom stereocenters. The number of benzene rings is 1. The summed E-state index contributed by atoms with van der Waals surface area (Å²) < 4.78 is 5.43. The maximum Gasteiger partial charge on any atom is 0.264 e. The Kier molecular flexibility index (Phi) is 5.39. The molecule has 0 spiro atoms. The molecule has 1 heterocycles. The first-order valence-corrected chi connectivity index (χ1v) is 7.38. The Morgan fingerprint density at radius 2 is 2.14 bits per heavy atom. The minimum atomic E-state index is -0.168. The first-order valence-electron chi connectivity index (χ1n) is 7.38. The van der Waals surface area contributed by atoms with Gasteiger partial charge in [-0.05, 0) is 50.0 Å². The monoisotopic (exact) mass is 284 g/mol. The molecule has 110 valence electrons. The minimum Gasteiger partial charge on any atom is -0.494 e. The molecule has 0 saturated carbocycles. The lowest BCUT2D eigenvalue weighted by molar-refractivity contribution is -0.127. The van der Waals surface area contributed by atoms with E-state index in [9.17, 15) is 10.1 Å². The number of hydrogen-bond acceptors (Lipinski definition) is 3. The number of hydrogen-bond donors (Lipinski definition) is 0. The average Bonchev–Trinajstić information content (AvgIpc) is 2.53. The molecule has 1 aromatic rings. The molecule has 1 amide bonds. The van der Waals surface area contributed by atoms with E-state index in [1.807, 2.05) is 37.3 Å². The number of rotatable bonds is 4. The summed E-state index contributed by atoms with van der Waals surface area (Å²) in [5.74, 6) is 0.577. The van der Waals surface area contributed by atoms with Gasteiger partial charge in [-0.15, -0.1) is 0 Å². The van der Waals surface area contributed by atoms with E-state index >= 15 is 0 Å². The van der Waals surface area contributed by atoms with Gasteiger partial charge in [-0.1, -0.05) is 12.1 Å². The molecule has 0 aliphatic carbocycles. The van der Waals surface area contributed by atoms with E-state index in [4.69, 9.17) is 4.74 Å². The van der Waals surface area contributed by atoms with E-state index in [1.165, 1.54) is 0 Å². The summed E-state index contributed by atoms with van der Waals surface area (Å²) in [7, 11) is 0. The van der Waals surface area contributed by atoms with Gasteiger partial charge in [0.25, 0.3) is 5.91 Å². The molecule has 0 radical (unpaired) electrons. The highest BCUT2D eigenvalue weighted by atomic mass is 16.5. The van der Waals surface area contributed by atoms with Crippen molar-refractivity contribution in [3.05, 3.63) is 35.4 Å². The Hall–Kier alpha value is -2.28. The molecule has 1 fully saturated rings. The molecule has 0 N–H and O–H groups in total. The van der Waals surface area contributed by atoms with Crippen LogP contribution in [0, 0.1) is 11.3 Å². The largest absolute Gasteiger partial charge is 0.494 e. The van der Waals surface area contributed by atoms with Crippen molar-refractivity contribution >= 4 is 12.0 Å². The van der Waals surface area contributed by atoms with Crippen LogP contribution in [0.4, 0.5) is 0 Å². The van der Waals surface area contributed by atoms with Crippen molar-refractivity contribution < 1.29 is 9.53 Å². The third-order valence-electron chi connectivity index (χ3n) is 3.47. The summed E-state index contributed by atoms with van der Waals surface area (Å²) in [5.41, 5.74) is 0.994. The zero-order chi connectivity index (χ0) is 15.1. The Labute approximate surface area is 125 Å². The first kappa shape index (κ1) is 15.1.